The molecule has 0 bridgehead atoms. The number of nitrogens with zero attached hydrogens (tertiary/aromatic N) is 1. The highest BCUT2D eigenvalue weighted by Gasteiger charge is 2.30. The molecule has 2 unspecified atom stereocenters. The fraction of sp³-hybridized carbons (Fsp3) is 0.571. The van der Waals surface area contributed by atoms with E-state index in [1.54, 1.807) is 0 Å². The van der Waals surface area contributed by atoms with Gasteiger partial charge in [-0.05, 0) is 19.7 Å². The van der Waals surface area contributed by atoms with Gasteiger partial charge in [0.25, 0.3) is 0 Å². The van der Waals surface area contributed by atoms with Gasteiger partial charge in [0.05, 0.1) is 18.8 Å². The first-order valence-corrected chi connectivity index (χ1v) is 6.71. The molecule has 1 aromatic rings. The first-order chi connectivity index (χ1) is 9.54. The third-order valence-corrected chi connectivity index (χ3v) is 3.49. The zero-order chi connectivity index (χ0) is 14.7. The zero-order valence-electron chi connectivity index (χ0n) is 11.6. The molecule has 6 heteroatoms. The minimum atomic E-state index is -1.44. The molecule has 2 atom stereocenters. The van der Waals surface area contributed by atoms with Crippen LogP contribution in [0.1, 0.15) is 18.5 Å². The molecule has 112 valence electrons. The maximum atomic E-state index is 14.0. The highest BCUT2D eigenvalue weighted by atomic mass is 19.2. The van der Waals surface area contributed by atoms with Crippen molar-refractivity contribution in [2.45, 2.75) is 19.1 Å². The van der Waals surface area contributed by atoms with Gasteiger partial charge < -0.3 is 15.0 Å². The normalized spacial score (nSPS) is 21.9. The number of benzene rings is 1. The van der Waals surface area contributed by atoms with Crippen molar-refractivity contribution in [2.75, 3.05) is 33.3 Å². The van der Waals surface area contributed by atoms with Crippen LogP contribution in [0.4, 0.5) is 13.2 Å². The second kappa shape index (κ2) is 6.56. The van der Waals surface area contributed by atoms with Gasteiger partial charge in [0, 0.05) is 18.7 Å². The summed E-state index contributed by atoms with van der Waals surface area (Å²) in [7, 11) is 1.94. The molecule has 1 saturated heterocycles. The van der Waals surface area contributed by atoms with Gasteiger partial charge in [-0.1, -0.05) is 13.0 Å². The number of hydrogen-bond acceptors (Lipinski definition) is 3. The van der Waals surface area contributed by atoms with E-state index < -0.39 is 23.5 Å². The number of morpholine rings is 1. The van der Waals surface area contributed by atoms with Crippen molar-refractivity contribution in [3.8, 4) is 0 Å². The Bertz CT molecular complexity index is 470. The topological polar surface area (TPSA) is 24.5 Å². The van der Waals surface area contributed by atoms with Crippen molar-refractivity contribution in [1.29, 1.82) is 0 Å². The Labute approximate surface area is 116 Å². The van der Waals surface area contributed by atoms with Gasteiger partial charge in [-0.2, -0.15) is 0 Å². The predicted octanol–water partition coefficient (Wildman–Crippen LogP) is 2.09. The molecule has 20 heavy (non-hydrogen) atoms. The summed E-state index contributed by atoms with van der Waals surface area (Å²) < 4.78 is 46.1. The van der Waals surface area contributed by atoms with Crippen LogP contribution in [0.3, 0.4) is 0 Å². The van der Waals surface area contributed by atoms with Gasteiger partial charge >= 0.3 is 0 Å². The van der Waals surface area contributed by atoms with Crippen molar-refractivity contribution >= 4 is 0 Å². The Balaban J connectivity index is 2.30. The molecule has 0 spiro atoms. The number of rotatable bonds is 4. The van der Waals surface area contributed by atoms with E-state index in [2.05, 4.69) is 10.2 Å². The summed E-state index contributed by atoms with van der Waals surface area (Å²) in [6.45, 7) is 4.39. The van der Waals surface area contributed by atoms with Gasteiger partial charge in [0.2, 0.25) is 0 Å². The minimum absolute atomic E-state index is 0.103. The lowest BCUT2D eigenvalue weighted by Gasteiger charge is -2.35. The lowest BCUT2D eigenvalue weighted by Crippen LogP contribution is -2.47. The Hall–Kier alpha value is -1.11. The smallest absolute Gasteiger partial charge is 0.194 e. The second-order valence-corrected chi connectivity index (χ2v) is 4.97. The number of nitrogens with one attached hydrogen (secondary N) is 1. The lowest BCUT2D eigenvalue weighted by atomic mass is 9.99. The largest absolute Gasteiger partial charge is 0.374 e. The third kappa shape index (κ3) is 3.13. The van der Waals surface area contributed by atoms with E-state index in [1.165, 1.54) is 6.07 Å². The molecule has 3 nitrogen and oxygen atoms in total. The van der Waals surface area contributed by atoms with Crippen molar-refractivity contribution in [1.82, 2.24) is 10.2 Å². The number of ether oxygens (including phenoxy) is 1. The van der Waals surface area contributed by atoms with Crippen LogP contribution in [0, 0.1) is 17.5 Å². The summed E-state index contributed by atoms with van der Waals surface area (Å²) in [5.74, 6) is -3.76. The SMILES string of the molecule is CCNC(c1ccc(F)c(F)c1F)C1CN(C)CCO1. The van der Waals surface area contributed by atoms with E-state index >= 15 is 0 Å². The van der Waals surface area contributed by atoms with Gasteiger partial charge in [0.1, 0.15) is 0 Å². The fourth-order valence-corrected chi connectivity index (χ4v) is 2.46. The number of likely N-dealkylation sites (N-methyl/N-ethyl adjacent to an activating group) is 2. The lowest BCUT2D eigenvalue weighted by molar-refractivity contribution is -0.0396. The maximum Gasteiger partial charge on any atom is 0.194 e. The second-order valence-electron chi connectivity index (χ2n) is 4.97. The van der Waals surface area contributed by atoms with E-state index in [0.29, 0.717) is 19.7 Å². The Morgan fingerprint density at radius 3 is 2.75 bits per heavy atom. The predicted molar refractivity (Wildman–Crippen MR) is 70.0 cm³/mol. The van der Waals surface area contributed by atoms with Gasteiger partial charge in [-0.25, -0.2) is 13.2 Å². The molecule has 0 saturated carbocycles. The molecule has 1 fully saturated rings. The average Bonchev–Trinajstić information content (AvgIpc) is 2.43. The summed E-state index contributed by atoms with van der Waals surface area (Å²) in [5, 5.41) is 3.10. The quantitative estimate of drug-likeness (QED) is 0.859. The first-order valence-electron chi connectivity index (χ1n) is 6.71. The molecule has 1 aromatic carbocycles. The van der Waals surface area contributed by atoms with Crippen LogP contribution in [0.2, 0.25) is 0 Å². The summed E-state index contributed by atoms with van der Waals surface area (Å²) in [6, 6.07) is 1.72. The molecular formula is C14H19F3N2O. The van der Waals surface area contributed by atoms with Crippen LogP contribution in [-0.4, -0.2) is 44.3 Å². The van der Waals surface area contributed by atoms with Crippen molar-refractivity contribution in [3.05, 3.63) is 35.1 Å². The molecule has 1 aliphatic heterocycles. The number of halogens is 3. The molecular weight excluding hydrogens is 269 g/mol. The molecule has 1 heterocycles. The standard InChI is InChI=1S/C14H19F3N2O/c1-3-18-14(11-8-19(2)6-7-20-11)9-4-5-10(15)13(17)12(9)16/h4-5,11,14,18H,3,6-8H2,1-2H3. The molecule has 2 rings (SSSR count). The van der Waals surface area contributed by atoms with Crippen molar-refractivity contribution in [3.63, 3.8) is 0 Å². The molecule has 0 amide bonds. The van der Waals surface area contributed by atoms with Crippen LogP contribution in [0.15, 0.2) is 12.1 Å². The van der Waals surface area contributed by atoms with Gasteiger partial charge in [-0.3, -0.25) is 0 Å². The summed E-state index contributed by atoms with van der Waals surface area (Å²) in [4.78, 5) is 2.07. The van der Waals surface area contributed by atoms with Crippen LogP contribution < -0.4 is 5.32 Å². The Morgan fingerprint density at radius 2 is 2.10 bits per heavy atom. The molecule has 0 aromatic heterocycles. The van der Waals surface area contributed by atoms with Crippen molar-refractivity contribution < 1.29 is 17.9 Å². The van der Waals surface area contributed by atoms with E-state index in [1.807, 2.05) is 14.0 Å². The third-order valence-electron chi connectivity index (χ3n) is 3.49. The Kier molecular flexibility index (Phi) is 5.01. The van der Waals surface area contributed by atoms with Crippen molar-refractivity contribution in [2.24, 2.45) is 0 Å². The highest BCUT2D eigenvalue weighted by molar-refractivity contribution is 5.25. The van der Waals surface area contributed by atoms with E-state index in [9.17, 15) is 13.2 Å². The van der Waals surface area contributed by atoms with Crippen LogP contribution >= 0.6 is 0 Å². The molecule has 1 N–H and O–H groups in total. The van der Waals surface area contributed by atoms with Gasteiger partial charge in [0.15, 0.2) is 17.5 Å². The fourth-order valence-electron chi connectivity index (χ4n) is 2.46. The number of hydrogen-bond donors (Lipinski definition) is 1. The van der Waals surface area contributed by atoms with E-state index in [-0.39, 0.29) is 11.7 Å². The molecule has 0 aliphatic carbocycles. The molecule has 1 aliphatic rings. The monoisotopic (exact) mass is 288 g/mol. The van der Waals surface area contributed by atoms with Gasteiger partial charge in [-0.15, -0.1) is 0 Å². The summed E-state index contributed by atoms with van der Waals surface area (Å²) >= 11 is 0. The van der Waals surface area contributed by atoms with E-state index in [4.69, 9.17) is 4.74 Å². The molecule has 0 radical (unpaired) electrons. The highest BCUT2D eigenvalue weighted by Crippen LogP contribution is 2.26. The minimum Gasteiger partial charge on any atom is -0.374 e. The summed E-state index contributed by atoms with van der Waals surface area (Å²) in [5.41, 5.74) is 0.103. The summed E-state index contributed by atoms with van der Waals surface area (Å²) in [6.07, 6.45) is -0.298. The van der Waals surface area contributed by atoms with Crippen LogP contribution in [0.25, 0.3) is 0 Å². The first kappa shape index (κ1) is 15.3. The zero-order valence-corrected chi connectivity index (χ0v) is 11.6. The van der Waals surface area contributed by atoms with E-state index in [0.717, 1.165) is 12.6 Å². The Morgan fingerprint density at radius 1 is 1.35 bits per heavy atom. The maximum absolute atomic E-state index is 14.0. The van der Waals surface area contributed by atoms with Crippen LogP contribution in [-0.2, 0) is 4.74 Å². The van der Waals surface area contributed by atoms with Crippen LogP contribution in [0.5, 0.6) is 0 Å². The average molecular weight is 288 g/mol.